The third kappa shape index (κ3) is 5.84. The van der Waals surface area contributed by atoms with E-state index in [4.69, 9.17) is 0 Å². The van der Waals surface area contributed by atoms with Crippen molar-refractivity contribution in [2.24, 2.45) is 0 Å². The van der Waals surface area contributed by atoms with Gasteiger partial charge in [-0.3, -0.25) is 4.90 Å². The van der Waals surface area contributed by atoms with Gasteiger partial charge in [-0.05, 0) is 31.9 Å². The maximum Gasteiger partial charge on any atom is 0.317 e. The summed E-state index contributed by atoms with van der Waals surface area (Å²) in [4.78, 5) is 16.1. The first-order chi connectivity index (χ1) is 11.1. The molecule has 1 aromatic carbocycles. The summed E-state index contributed by atoms with van der Waals surface area (Å²) >= 11 is 0. The quantitative estimate of drug-likeness (QED) is 0.844. The van der Waals surface area contributed by atoms with E-state index in [-0.39, 0.29) is 6.03 Å². The number of likely N-dealkylation sites (tertiary alicyclic amines) is 1. The van der Waals surface area contributed by atoms with Crippen molar-refractivity contribution in [3.8, 4) is 0 Å². The minimum atomic E-state index is -0.505. The maximum absolute atomic E-state index is 12.1. The number of likely N-dealkylation sites (N-methyl/N-ethyl adjacent to an activating group) is 1. The zero-order chi connectivity index (χ0) is 16.7. The molecule has 1 aliphatic rings. The third-order valence-corrected chi connectivity index (χ3v) is 4.35. The van der Waals surface area contributed by atoms with E-state index in [9.17, 15) is 9.90 Å². The van der Waals surface area contributed by atoms with Gasteiger partial charge in [-0.25, -0.2) is 4.79 Å². The minimum Gasteiger partial charge on any atom is -0.392 e. The van der Waals surface area contributed by atoms with E-state index in [1.807, 2.05) is 6.07 Å². The van der Waals surface area contributed by atoms with Crippen LogP contribution in [0.5, 0.6) is 0 Å². The van der Waals surface area contributed by atoms with Gasteiger partial charge >= 0.3 is 6.03 Å². The Hall–Kier alpha value is -1.59. The van der Waals surface area contributed by atoms with Crippen molar-refractivity contribution in [2.45, 2.75) is 44.9 Å². The summed E-state index contributed by atoms with van der Waals surface area (Å²) < 4.78 is 0. The first kappa shape index (κ1) is 17.8. The van der Waals surface area contributed by atoms with Crippen molar-refractivity contribution in [3.05, 3.63) is 35.9 Å². The number of benzene rings is 1. The average Bonchev–Trinajstić information content (AvgIpc) is 2.54. The molecule has 2 atom stereocenters. The van der Waals surface area contributed by atoms with Gasteiger partial charge in [0.2, 0.25) is 0 Å². The van der Waals surface area contributed by atoms with E-state index in [1.165, 1.54) is 23.3 Å². The van der Waals surface area contributed by atoms with Crippen LogP contribution in [0.25, 0.3) is 0 Å². The number of aliphatic hydroxyl groups excluding tert-OH is 1. The van der Waals surface area contributed by atoms with Gasteiger partial charge < -0.3 is 15.3 Å². The number of carbonyl (C=O) groups excluding carboxylic acids is 1. The van der Waals surface area contributed by atoms with Gasteiger partial charge in [-0.2, -0.15) is 0 Å². The molecule has 2 N–H and O–H groups in total. The fourth-order valence-corrected chi connectivity index (χ4v) is 3.14. The fourth-order valence-electron chi connectivity index (χ4n) is 3.14. The zero-order valence-corrected chi connectivity index (χ0v) is 14.2. The molecule has 2 amide bonds. The number of hydrogen-bond donors (Lipinski definition) is 2. The second-order valence-electron chi connectivity index (χ2n) is 6.52. The van der Waals surface area contributed by atoms with Crippen LogP contribution >= 0.6 is 0 Å². The highest BCUT2D eigenvalue weighted by Gasteiger charge is 2.23. The van der Waals surface area contributed by atoms with E-state index in [0.29, 0.717) is 19.1 Å². The number of rotatable bonds is 6. The summed E-state index contributed by atoms with van der Waals surface area (Å²) in [7, 11) is 1.71. The van der Waals surface area contributed by atoms with Crippen LogP contribution in [-0.4, -0.2) is 59.8 Å². The number of amides is 2. The molecule has 2 rings (SSSR count). The molecule has 0 aromatic heterocycles. The molecular formula is C18H29N3O2. The number of nitrogens with one attached hydrogen (secondary N) is 1. The normalized spacial score (nSPS) is 20.0. The Labute approximate surface area is 139 Å². The topological polar surface area (TPSA) is 55.8 Å². The van der Waals surface area contributed by atoms with Gasteiger partial charge in [-0.1, -0.05) is 36.8 Å². The number of carbonyl (C=O) groups is 1. The number of nitrogens with zero attached hydrogens (tertiary/aromatic N) is 2. The summed E-state index contributed by atoms with van der Waals surface area (Å²) in [5.41, 5.74) is 1.32. The zero-order valence-electron chi connectivity index (χ0n) is 14.2. The van der Waals surface area contributed by atoms with Gasteiger partial charge in [0.05, 0.1) is 6.10 Å². The molecule has 1 heterocycles. The number of urea groups is 1. The third-order valence-electron chi connectivity index (χ3n) is 4.35. The van der Waals surface area contributed by atoms with E-state index in [0.717, 1.165) is 19.5 Å². The van der Waals surface area contributed by atoms with Gasteiger partial charge in [0.1, 0.15) is 0 Å². The van der Waals surface area contributed by atoms with E-state index in [2.05, 4.69) is 34.5 Å². The van der Waals surface area contributed by atoms with E-state index >= 15 is 0 Å². The molecule has 0 radical (unpaired) electrons. The summed E-state index contributed by atoms with van der Waals surface area (Å²) in [6.07, 6.45) is 3.05. The Morgan fingerprint density at radius 2 is 2.13 bits per heavy atom. The number of hydrogen-bond acceptors (Lipinski definition) is 3. The standard InChI is InChI=1S/C18H29N3O2/c1-15(22)13-20(2)18(23)19-12-17-10-6-7-11-21(17)14-16-8-4-3-5-9-16/h3-5,8-9,15,17,22H,6-7,10-14H2,1-2H3,(H,19,23). The highest BCUT2D eigenvalue weighted by Crippen LogP contribution is 2.19. The molecule has 0 saturated carbocycles. The summed E-state index contributed by atoms with van der Waals surface area (Å²) in [6, 6.07) is 10.8. The summed E-state index contributed by atoms with van der Waals surface area (Å²) in [5, 5.41) is 12.4. The van der Waals surface area contributed by atoms with Crippen molar-refractivity contribution < 1.29 is 9.90 Å². The predicted octanol–water partition coefficient (Wildman–Crippen LogP) is 2.06. The Balaban J connectivity index is 1.85. The average molecular weight is 319 g/mol. The summed E-state index contributed by atoms with van der Waals surface area (Å²) in [5.74, 6) is 0. The van der Waals surface area contributed by atoms with Crippen molar-refractivity contribution in [1.82, 2.24) is 15.1 Å². The van der Waals surface area contributed by atoms with E-state index in [1.54, 1.807) is 14.0 Å². The Morgan fingerprint density at radius 1 is 1.39 bits per heavy atom. The molecule has 2 unspecified atom stereocenters. The van der Waals surface area contributed by atoms with Crippen molar-refractivity contribution in [3.63, 3.8) is 0 Å². The summed E-state index contributed by atoms with van der Waals surface area (Å²) in [6.45, 7) is 4.72. The van der Waals surface area contributed by atoms with E-state index < -0.39 is 6.10 Å². The van der Waals surface area contributed by atoms with Crippen LogP contribution in [0.3, 0.4) is 0 Å². The number of piperidine rings is 1. The molecule has 0 spiro atoms. The Morgan fingerprint density at radius 3 is 2.83 bits per heavy atom. The van der Waals surface area contributed by atoms with Crippen LogP contribution in [0.1, 0.15) is 31.7 Å². The van der Waals surface area contributed by atoms with Crippen LogP contribution in [0.2, 0.25) is 0 Å². The van der Waals surface area contributed by atoms with Crippen molar-refractivity contribution in [1.29, 1.82) is 0 Å². The largest absolute Gasteiger partial charge is 0.392 e. The van der Waals surface area contributed by atoms with Crippen molar-refractivity contribution in [2.75, 3.05) is 26.7 Å². The first-order valence-corrected chi connectivity index (χ1v) is 8.51. The lowest BCUT2D eigenvalue weighted by atomic mass is 10.0. The molecule has 0 aliphatic carbocycles. The Bertz CT molecular complexity index is 478. The second-order valence-corrected chi connectivity index (χ2v) is 6.52. The number of aliphatic hydroxyl groups is 1. The lowest BCUT2D eigenvalue weighted by molar-refractivity contribution is 0.127. The molecule has 5 nitrogen and oxygen atoms in total. The fraction of sp³-hybridized carbons (Fsp3) is 0.611. The molecule has 1 aliphatic heterocycles. The van der Waals surface area contributed by atoms with Crippen LogP contribution in [-0.2, 0) is 6.54 Å². The highest BCUT2D eigenvalue weighted by molar-refractivity contribution is 5.73. The molecule has 0 bridgehead atoms. The smallest absolute Gasteiger partial charge is 0.317 e. The molecular weight excluding hydrogens is 290 g/mol. The molecule has 1 fully saturated rings. The Kier molecular flexibility index (Phi) is 6.86. The minimum absolute atomic E-state index is 0.115. The van der Waals surface area contributed by atoms with Crippen LogP contribution in [0, 0.1) is 0 Å². The monoisotopic (exact) mass is 319 g/mol. The van der Waals surface area contributed by atoms with Crippen LogP contribution in [0.15, 0.2) is 30.3 Å². The van der Waals surface area contributed by atoms with Crippen LogP contribution < -0.4 is 5.32 Å². The SMILES string of the molecule is CC(O)CN(C)C(=O)NCC1CCCCN1Cc1ccccc1. The second kappa shape index (κ2) is 8.89. The molecule has 5 heteroatoms. The van der Waals surface area contributed by atoms with Gasteiger partial charge in [0.15, 0.2) is 0 Å². The lowest BCUT2D eigenvalue weighted by Gasteiger charge is -2.36. The molecule has 23 heavy (non-hydrogen) atoms. The van der Waals surface area contributed by atoms with Crippen molar-refractivity contribution >= 4 is 6.03 Å². The van der Waals surface area contributed by atoms with Crippen LogP contribution in [0.4, 0.5) is 4.79 Å². The molecule has 128 valence electrons. The first-order valence-electron chi connectivity index (χ1n) is 8.51. The lowest BCUT2D eigenvalue weighted by Crippen LogP contribution is -2.49. The van der Waals surface area contributed by atoms with Gasteiger partial charge in [0, 0.05) is 32.7 Å². The predicted molar refractivity (Wildman–Crippen MR) is 92.2 cm³/mol. The van der Waals surface area contributed by atoms with Gasteiger partial charge in [-0.15, -0.1) is 0 Å². The molecule has 1 aromatic rings. The molecule has 1 saturated heterocycles. The van der Waals surface area contributed by atoms with Gasteiger partial charge in [0.25, 0.3) is 0 Å². The maximum atomic E-state index is 12.1. The highest BCUT2D eigenvalue weighted by atomic mass is 16.3.